The van der Waals surface area contributed by atoms with Gasteiger partial charge < -0.3 is 5.73 Å². The van der Waals surface area contributed by atoms with Crippen molar-refractivity contribution in [3.63, 3.8) is 0 Å². The van der Waals surface area contributed by atoms with Gasteiger partial charge in [-0.05, 0) is 64.0 Å². The summed E-state index contributed by atoms with van der Waals surface area (Å²) in [7, 11) is 0. The summed E-state index contributed by atoms with van der Waals surface area (Å²) in [5.41, 5.74) is 8.51. The lowest BCUT2D eigenvalue weighted by Gasteiger charge is -2.15. The van der Waals surface area contributed by atoms with Crippen molar-refractivity contribution in [1.82, 2.24) is 0 Å². The van der Waals surface area contributed by atoms with Crippen molar-refractivity contribution in [1.29, 1.82) is 0 Å². The molecule has 0 saturated carbocycles. The fraction of sp³-hybridized carbons (Fsp3) is 0.0769. The molecule has 17 heavy (non-hydrogen) atoms. The number of nitrogens with two attached hydrogens (primary N) is 1. The van der Waals surface area contributed by atoms with Crippen LogP contribution >= 0.6 is 54.5 Å². The zero-order chi connectivity index (χ0) is 12.4. The van der Waals surface area contributed by atoms with Gasteiger partial charge in [0.25, 0.3) is 0 Å². The standard InChI is InChI=1S/C13H10Br2IN/c14-9-4-5-12(15)11(7-9)13(17)8-2-1-3-10(16)6-8/h1-7,13H,17H2. The third-order valence-corrected chi connectivity index (χ3v) is 4.39. The highest BCUT2D eigenvalue weighted by molar-refractivity contribution is 14.1. The summed E-state index contributed by atoms with van der Waals surface area (Å²) in [4.78, 5) is 0. The zero-order valence-electron chi connectivity index (χ0n) is 8.83. The molecule has 1 nitrogen and oxygen atoms in total. The van der Waals surface area contributed by atoms with E-state index in [4.69, 9.17) is 5.73 Å². The Hall–Kier alpha value is 0.0900. The average Bonchev–Trinajstić information content (AvgIpc) is 2.31. The van der Waals surface area contributed by atoms with Crippen molar-refractivity contribution < 1.29 is 0 Å². The van der Waals surface area contributed by atoms with Gasteiger partial charge in [0.1, 0.15) is 0 Å². The molecule has 4 heteroatoms. The topological polar surface area (TPSA) is 26.0 Å². The molecule has 0 aliphatic carbocycles. The molecular formula is C13H10Br2IN. The molecular weight excluding hydrogens is 457 g/mol. The molecule has 0 radical (unpaired) electrons. The van der Waals surface area contributed by atoms with Crippen LogP contribution < -0.4 is 5.73 Å². The van der Waals surface area contributed by atoms with Crippen LogP contribution in [0.15, 0.2) is 51.4 Å². The largest absolute Gasteiger partial charge is 0.320 e. The minimum atomic E-state index is -0.114. The summed E-state index contributed by atoms with van der Waals surface area (Å²) in [5.74, 6) is 0. The molecule has 0 aromatic heterocycles. The van der Waals surface area contributed by atoms with Gasteiger partial charge in [-0.1, -0.05) is 44.0 Å². The van der Waals surface area contributed by atoms with E-state index in [9.17, 15) is 0 Å². The minimum absolute atomic E-state index is 0.114. The van der Waals surface area contributed by atoms with Crippen LogP contribution in [0.5, 0.6) is 0 Å². The molecule has 0 spiro atoms. The number of hydrogen-bond donors (Lipinski definition) is 1. The Kier molecular flexibility index (Phi) is 4.63. The zero-order valence-corrected chi connectivity index (χ0v) is 14.2. The van der Waals surface area contributed by atoms with Crippen molar-refractivity contribution in [2.45, 2.75) is 6.04 Å². The summed E-state index contributed by atoms with van der Waals surface area (Å²) in [5, 5.41) is 0. The smallest absolute Gasteiger partial charge is 0.0563 e. The minimum Gasteiger partial charge on any atom is -0.320 e. The second kappa shape index (κ2) is 5.82. The third kappa shape index (κ3) is 3.30. The molecule has 1 unspecified atom stereocenters. The van der Waals surface area contributed by atoms with E-state index in [2.05, 4.69) is 78.7 Å². The molecule has 2 aromatic rings. The summed E-state index contributed by atoms with van der Waals surface area (Å²) in [6.07, 6.45) is 0. The van der Waals surface area contributed by atoms with Crippen molar-refractivity contribution >= 4 is 54.5 Å². The van der Waals surface area contributed by atoms with Gasteiger partial charge in [-0.25, -0.2) is 0 Å². The predicted octanol–water partition coefficient (Wildman–Crippen LogP) is 4.86. The van der Waals surface area contributed by atoms with Crippen LogP contribution in [0.2, 0.25) is 0 Å². The van der Waals surface area contributed by atoms with E-state index in [0.29, 0.717) is 0 Å². The molecule has 0 bridgehead atoms. The van der Waals surface area contributed by atoms with Crippen LogP contribution in [-0.2, 0) is 0 Å². The Morgan fingerprint density at radius 3 is 2.53 bits per heavy atom. The lowest BCUT2D eigenvalue weighted by atomic mass is 10.00. The molecule has 2 aromatic carbocycles. The van der Waals surface area contributed by atoms with Crippen LogP contribution in [0.3, 0.4) is 0 Å². The van der Waals surface area contributed by atoms with Gasteiger partial charge in [0, 0.05) is 12.5 Å². The summed E-state index contributed by atoms with van der Waals surface area (Å²) in [6.45, 7) is 0. The van der Waals surface area contributed by atoms with Crippen molar-refractivity contribution in [3.8, 4) is 0 Å². The van der Waals surface area contributed by atoms with Gasteiger partial charge in [0.15, 0.2) is 0 Å². The molecule has 0 saturated heterocycles. The quantitative estimate of drug-likeness (QED) is 0.628. The Morgan fingerprint density at radius 1 is 1.06 bits per heavy atom. The Balaban J connectivity index is 2.43. The highest BCUT2D eigenvalue weighted by Gasteiger charge is 2.12. The fourth-order valence-electron chi connectivity index (χ4n) is 1.63. The lowest BCUT2D eigenvalue weighted by Crippen LogP contribution is -2.12. The van der Waals surface area contributed by atoms with Crippen LogP contribution in [0, 0.1) is 3.57 Å². The number of hydrogen-bond acceptors (Lipinski definition) is 1. The third-order valence-electron chi connectivity index (χ3n) is 2.50. The van der Waals surface area contributed by atoms with E-state index in [1.807, 2.05) is 18.2 Å². The molecule has 0 heterocycles. The average molecular weight is 467 g/mol. The molecule has 0 fully saturated rings. The van der Waals surface area contributed by atoms with Crippen LogP contribution in [0.4, 0.5) is 0 Å². The summed E-state index contributed by atoms with van der Waals surface area (Å²) >= 11 is 9.31. The maximum absolute atomic E-state index is 6.30. The van der Waals surface area contributed by atoms with Crippen LogP contribution in [-0.4, -0.2) is 0 Å². The number of rotatable bonds is 2. The molecule has 1 atom stereocenters. The molecule has 2 rings (SSSR count). The first-order valence-electron chi connectivity index (χ1n) is 5.04. The summed E-state index contributed by atoms with van der Waals surface area (Å²) < 4.78 is 3.27. The van der Waals surface area contributed by atoms with Gasteiger partial charge in [-0.2, -0.15) is 0 Å². The molecule has 2 N–H and O–H groups in total. The number of benzene rings is 2. The van der Waals surface area contributed by atoms with Crippen LogP contribution in [0.1, 0.15) is 17.2 Å². The SMILES string of the molecule is NC(c1cccc(I)c1)c1cc(Br)ccc1Br. The van der Waals surface area contributed by atoms with Crippen molar-refractivity contribution in [2.24, 2.45) is 5.73 Å². The summed E-state index contributed by atoms with van der Waals surface area (Å²) in [6, 6.07) is 14.2. The van der Waals surface area contributed by atoms with Crippen molar-refractivity contribution in [2.75, 3.05) is 0 Å². The molecule has 0 aliphatic heterocycles. The lowest BCUT2D eigenvalue weighted by molar-refractivity contribution is 0.864. The Morgan fingerprint density at radius 2 is 1.82 bits per heavy atom. The molecule has 88 valence electrons. The Labute approximate surface area is 131 Å². The highest BCUT2D eigenvalue weighted by Crippen LogP contribution is 2.29. The van der Waals surface area contributed by atoms with E-state index in [1.54, 1.807) is 0 Å². The Bertz CT molecular complexity index is 543. The van der Waals surface area contributed by atoms with E-state index in [0.717, 1.165) is 20.1 Å². The first kappa shape index (κ1) is 13.5. The van der Waals surface area contributed by atoms with E-state index >= 15 is 0 Å². The first-order chi connectivity index (χ1) is 8.08. The van der Waals surface area contributed by atoms with Gasteiger partial charge >= 0.3 is 0 Å². The van der Waals surface area contributed by atoms with Gasteiger partial charge in [-0.3, -0.25) is 0 Å². The predicted molar refractivity (Wildman–Crippen MR) is 87.0 cm³/mol. The van der Waals surface area contributed by atoms with E-state index in [-0.39, 0.29) is 6.04 Å². The van der Waals surface area contributed by atoms with E-state index in [1.165, 1.54) is 3.57 Å². The van der Waals surface area contributed by atoms with Gasteiger partial charge in [0.05, 0.1) is 6.04 Å². The van der Waals surface area contributed by atoms with Crippen molar-refractivity contribution in [3.05, 3.63) is 66.1 Å². The highest BCUT2D eigenvalue weighted by atomic mass is 127. The molecule has 0 aliphatic rings. The van der Waals surface area contributed by atoms with Crippen LogP contribution in [0.25, 0.3) is 0 Å². The van der Waals surface area contributed by atoms with E-state index < -0.39 is 0 Å². The van der Waals surface area contributed by atoms with Gasteiger partial charge in [-0.15, -0.1) is 0 Å². The maximum atomic E-state index is 6.30. The normalized spacial score (nSPS) is 12.5. The number of halogens is 3. The molecule has 0 amide bonds. The second-order valence-corrected chi connectivity index (χ2v) is 6.71. The first-order valence-corrected chi connectivity index (χ1v) is 7.70. The van der Waals surface area contributed by atoms with Gasteiger partial charge in [0.2, 0.25) is 0 Å². The monoisotopic (exact) mass is 465 g/mol. The fourth-order valence-corrected chi connectivity index (χ4v) is 3.07. The second-order valence-electron chi connectivity index (χ2n) is 3.70. The maximum Gasteiger partial charge on any atom is 0.0563 e.